The van der Waals surface area contributed by atoms with Crippen LogP contribution in [0.4, 0.5) is 0 Å². The van der Waals surface area contributed by atoms with Gasteiger partial charge in [0, 0.05) is 6.61 Å². The van der Waals surface area contributed by atoms with E-state index in [4.69, 9.17) is 14.9 Å². The van der Waals surface area contributed by atoms with E-state index in [0.29, 0.717) is 5.56 Å². The monoisotopic (exact) mass is 238 g/mol. The lowest BCUT2D eigenvalue weighted by molar-refractivity contribution is 0.0514. The highest BCUT2D eigenvalue weighted by atomic mass is 16.5. The molecule has 0 aromatic heterocycles. The zero-order valence-corrected chi connectivity index (χ0v) is 9.47. The molecule has 0 aliphatic rings. The van der Waals surface area contributed by atoms with Gasteiger partial charge in [0.25, 0.3) is 0 Å². The van der Waals surface area contributed by atoms with Gasteiger partial charge in [-0.1, -0.05) is 12.1 Å². The summed E-state index contributed by atoms with van der Waals surface area (Å²) in [7, 11) is 0. The van der Waals surface area contributed by atoms with Crippen LogP contribution in [0.25, 0.3) is 0 Å². The van der Waals surface area contributed by atoms with Crippen molar-refractivity contribution in [1.82, 2.24) is 0 Å². The van der Waals surface area contributed by atoms with Crippen LogP contribution in [0, 0.1) is 0 Å². The van der Waals surface area contributed by atoms with Crippen LogP contribution in [0.5, 0.6) is 0 Å². The highest BCUT2D eigenvalue weighted by Crippen LogP contribution is 2.17. The van der Waals surface area contributed by atoms with Crippen LogP contribution in [-0.2, 0) is 11.2 Å². The molecule has 0 atom stereocenters. The molecule has 1 aromatic rings. The number of aromatic carboxylic acids is 1. The van der Waals surface area contributed by atoms with Crippen molar-refractivity contribution in [2.45, 2.75) is 13.3 Å². The zero-order chi connectivity index (χ0) is 12.8. The number of rotatable bonds is 5. The highest BCUT2D eigenvalue weighted by Gasteiger charge is 2.20. The van der Waals surface area contributed by atoms with Gasteiger partial charge in [0.2, 0.25) is 0 Å². The van der Waals surface area contributed by atoms with Crippen molar-refractivity contribution in [3.05, 3.63) is 34.9 Å². The fourth-order valence-corrected chi connectivity index (χ4v) is 1.56. The van der Waals surface area contributed by atoms with Crippen molar-refractivity contribution in [2.24, 2.45) is 0 Å². The van der Waals surface area contributed by atoms with Gasteiger partial charge in [0.05, 0.1) is 17.7 Å². The summed E-state index contributed by atoms with van der Waals surface area (Å²) in [5, 5.41) is 18.0. The van der Waals surface area contributed by atoms with Gasteiger partial charge >= 0.3 is 11.9 Å². The molecule has 0 saturated carbocycles. The summed E-state index contributed by atoms with van der Waals surface area (Å²) in [6, 6.07) is 4.55. The molecule has 0 fully saturated rings. The molecule has 5 heteroatoms. The standard InChI is InChI=1S/C12H14O5/c1-2-17-12(16)9-5-3-4-8(6-7-13)10(9)11(14)15/h3-5,13H,2,6-7H2,1H3,(H,14,15). The molecule has 0 radical (unpaired) electrons. The third-order valence-corrected chi connectivity index (χ3v) is 2.24. The largest absolute Gasteiger partial charge is 0.478 e. The number of aliphatic hydroxyl groups excluding tert-OH is 1. The number of benzene rings is 1. The number of hydrogen-bond donors (Lipinski definition) is 2. The first kappa shape index (κ1) is 13.2. The molecule has 1 aromatic carbocycles. The van der Waals surface area contributed by atoms with Gasteiger partial charge in [-0.2, -0.15) is 0 Å². The second-order valence-electron chi connectivity index (χ2n) is 3.34. The third kappa shape index (κ3) is 3.04. The predicted octanol–water partition coefficient (Wildman–Crippen LogP) is 1.10. The second kappa shape index (κ2) is 6.00. The van der Waals surface area contributed by atoms with E-state index in [-0.39, 0.29) is 30.8 Å². The van der Waals surface area contributed by atoms with E-state index in [0.717, 1.165) is 0 Å². The quantitative estimate of drug-likeness (QED) is 0.750. The van der Waals surface area contributed by atoms with E-state index in [9.17, 15) is 9.59 Å². The molecule has 0 spiro atoms. The molecule has 0 heterocycles. The Morgan fingerprint density at radius 1 is 1.35 bits per heavy atom. The Bertz CT molecular complexity index is 425. The van der Waals surface area contributed by atoms with E-state index in [1.54, 1.807) is 19.1 Å². The SMILES string of the molecule is CCOC(=O)c1cccc(CCO)c1C(=O)O. The summed E-state index contributed by atoms with van der Waals surface area (Å²) in [5.41, 5.74) is 0.343. The molecule has 1 rings (SSSR count). The lowest BCUT2D eigenvalue weighted by Gasteiger charge is -2.09. The Kier molecular flexibility index (Phi) is 4.66. The minimum absolute atomic E-state index is 0.0188. The summed E-state index contributed by atoms with van der Waals surface area (Å²) >= 11 is 0. The fraction of sp³-hybridized carbons (Fsp3) is 0.333. The minimum atomic E-state index is -1.20. The molecule has 0 aliphatic heterocycles. The van der Waals surface area contributed by atoms with Gasteiger partial charge in [0.1, 0.15) is 0 Å². The van der Waals surface area contributed by atoms with Crippen LogP contribution in [0.3, 0.4) is 0 Å². The number of ether oxygens (including phenoxy) is 1. The molecule has 2 N–H and O–H groups in total. The molecular weight excluding hydrogens is 224 g/mol. The van der Waals surface area contributed by atoms with Gasteiger partial charge in [-0.05, 0) is 25.0 Å². The first-order valence-electron chi connectivity index (χ1n) is 5.25. The summed E-state index contributed by atoms with van der Waals surface area (Å²) in [5.74, 6) is -1.86. The van der Waals surface area contributed by atoms with Crippen LogP contribution in [0.1, 0.15) is 33.2 Å². The summed E-state index contributed by atoms with van der Waals surface area (Å²) < 4.78 is 4.79. The molecule has 0 amide bonds. The van der Waals surface area contributed by atoms with E-state index in [2.05, 4.69) is 0 Å². The summed E-state index contributed by atoms with van der Waals surface area (Å²) in [6.07, 6.45) is 0.189. The number of esters is 1. The summed E-state index contributed by atoms with van der Waals surface area (Å²) in [6.45, 7) is 1.66. The summed E-state index contributed by atoms with van der Waals surface area (Å²) in [4.78, 5) is 22.7. The average Bonchev–Trinajstić information content (AvgIpc) is 2.29. The topological polar surface area (TPSA) is 83.8 Å². The maximum atomic E-state index is 11.6. The Balaban J connectivity index is 3.24. The Hall–Kier alpha value is -1.88. The Morgan fingerprint density at radius 3 is 2.59 bits per heavy atom. The average molecular weight is 238 g/mol. The lowest BCUT2D eigenvalue weighted by atomic mass is 9.99. The van der Waals surface area contributed by atoms with Crippen LogP contribution in [0.2, 0.25) is 0 Å². The number of carbonyl (C=O) groups is 2. The van der Waals surface area contributed by atoms with Gasteiger partial charge in [-0.25, -0.2) is 9.59 Å². The van der Waals surface area contributed by atoms with Crippen molar-refractivity contribution in [3.63, 3.8) is 0 Å². The van der Waals surface area contributed by atoms with Gasteiger partial charge < -0.3 is 14.9 Å². The van der Waals surface area contributed by atoms with Crippen LogP contribution in [0.15, 0.2) is 18.2 Å². The van der Waals surface area contributed by atoms with Crippen molar-refractivity contribution in [3.8, 4) is 0 Å². The lowest BCUT2D eigenvalue weighted by Crippen LogP contribution is -2.14. The Labute approximate surface area is 98.6 Å². The number of aliphatic hydroxyl groups is 1. The number of hydrogen-bond acceptors (Lipinski definition) is 4. The number of carbonyl (C=O) groups excluding carboxylic acids is 1. The molecule has 0 unspecified atom stereocenters. The van der Waals surface area contributed by atoms with Gasteiger partial charge in [-0.3, -0.25) is 0 Å². The van der Waals surface area contributed by atoms with Crippen molar-refractivity contribution in [2.75, 3.05) is 13.2 Å². The van der Waals surface area contributed by atoms with Crippen LogP contribution >= 0.6 is 0 Å². The van der Waals surface area contributed by atoms with Crippen molar-refractivity contribution < 1.29 is 24.5 Å². The molecule has 0 aliphatic carbocycles. The van der Waals surface area contributed by atoms with Crippen molar-refractivity contribution in [1.29, 1.82) is 0 Å². The maximum absolute atomic E-state index is 11.6. The minimum Gasteiger partial charge on any atom is -0.478 e. The molecule has 17 heavy (non-hydrogen) atoms. The van der Waals surface area contributed by atoms with Crippen molar-refractivity contribution >= 4 is 11.9 Å². The third-order valence-electron chi connectivity index (χ3n) is 2.24. The van der Waals surface area contributed by atoms with Gasteiger partial charge in [-0.15, -0.1) is 0 Å². The van der Waals surface area contributed by atoms with E-state index < -0.39 is 11.9 Å². The second-order valence-corrected chi connectivity index (χ2v) is 3.34. The molecule has 0 saturated heterocycles. The number of carboxylic acids is 1. The maximum Gasteiger partial charge on any atom is 0.339 e. The first-order valence-corrected chi connectivity index (χ1v) is 5.25. The molecule has 92 valence electrons. The Morgan fingerprint density at radius 2 is 2.06 bits per heavy atom. The highest BCUT2D eigenvalue weighted by molar-refractivity contribution is 6.03. The molecular formula is C12H14O5. The predicted molar refractivity (Wildman–Crippen MR) is 60.1 cm³/mol. The van der Waals surface area contributed by atoms with Crippen LogP contribution < -0.4 is 0 Å². The fourth-order valence-electron chi connectivity index (χ4n) is 1.56. The van der Waals surface area contributed by atoms with E-state index in [1.807, 2.05) is 0 Å². The normalized spacial score (nSPS) is 10.0. The van der Waals surface area contributed by atoms with Crippen LogP contribution in [-0.4, -0.2) is 35.4 Å². The molecule has 0 bridgehead atoms. The first-order chi connectivity index (χ1) is 8.11. The van der Waals surface area contributed by atoms with E-state index in [1.165, 1.54) is 6.07 Å². The molecule has 5 nitrogen and oxygen atoms in total. The van der Waals surface area contributed by atoms with Gasteiger partial charge in [0.15, 0.2) is 0 Å². The number of carboxylic acid groups (broad SMARTS) is 1. The zero-order valence-electron chi connectivity index (χ0n) is 9.47. The smallest absolute Gasteiger partial charge is 0.339 e. The van der Waals surface area contributed by atoms with E-state index >= 15 is 0 Å².